The summed E-state index contributed by atoms with van der Waals surface area (Å²) in [5.74, 6) is 0.249. The fourth-order valence-electron chi connectivity index (χ4n) is 5.37. The van der Waals surface area contributed by atoms with Crippen LogP contribution >= 0.6 is 0 Å². The third kappa shape index (κ3) is 33.3. The van der Waals surface area contributed by atoms with Gasteiger partial charge < -0.3 is 10.4 Å². The highest BCUT2D eigenvalue weighted by atomic mass is 16.3. The van der Waals surface area contributed by atoms with Crippen LogP contribution in [0.4, 0.5) is 0 Å². The molecule has 2 N–H and O–H groups in total. The maximum atomic E-state index is 12.0. The second-order valence-electron chi connectivity index (χ2n) is 12.2. The zero-order valence-corrected chi connectivity index (χ0v) is 26.8. The molecule has 39 heavy (non-hydrogen) atoms. The maximum Gasteiger partial charge on any atom is 0.219 e. The van der Waals surface area contributed by atoms with Crippen molar-refractivity contribution >= 4 is 5.91 Å². The van der Waals surface area contributed by atoms with Crippen LogP contribution in [0.2, 0.25) is 0 Å². The molecular formula is C36H71NO2. The van der Waals surface area contributed by atoms with Crippen LogP contribution in [0.1, 0.15) is 200 Å². The summed E-state index contributed by atoms with van der Waals surface area (Å²) in [5.41, 5.74) is 0. The minimum Gasteiger partial charge on any atom is -0.393 e. The number of rotatable bonds is 32. The van der Waals surface area contributed by atoms with Gasteiger partial charge in [0.1, 0.15) is 0 Å². The molecular weight excluding hydrogens is 478 g/mol. The molecule has 232 valence electrons. The second kappa shape index (κ2) is 33.4. The summed E-state index contributed by atoms with van der Waals surface area (Å²) in [4.78, 5) is 12.0. The smallest absolute Gasteiger partial charge is 0.219 e. The van der Waals surface area contributed by atoms with Gasteiger partial charge in [-0.25, -0.2) is 0 Å². The summed E-state index contributed by atoms with van der Waals surface area (Å²) in [5, 5.41) is 13.2. The molecule has 0 aliphatic rings. The molecule has 0 rings (SSSR count). The lowest BCUT2D eigenvalue weighted by Crippen LogP contribution is -2.23. The quantitative estimate of drug-likeness (QED) is 0.0647. The van der Waals surface area contributed by atoms with E-state index in [1.165, 1.54) is 154 Å². The van der Waals surface area contributed by atoms with E-state index in [0.29, 0.717) is 6.42 Å². The number of carbonyl (C=O) groups is 1. The van der Waals surface area contributed by atoms with E-state index in [1.54, 1.807) is 0 Å². The molecule has 0 fully saturated rings. The molecule has 0 aromatic rings. The van der Waals surface area contributed by atoms with E-state index in [4.69, 9.17) is 0 Å². The molecule has 0 aromatic heterocycles. The van der Waals surface area contributed by atoms with Crippen LogP contribution in [-0.2, 0) is 4.79 Å². The van der Waals surface area contributed by atoms with Gasteiger partial charge in [0, 0.05) is 13.0 Å². The van der Waals surface area contributed by atoms with Gasteiger partial charge in [-0.2, -0.15) is 0 Å². The van der Waals surface area contributed by atoms with Gasteiger partial charge in [0.15, 0.2) is 0 Å². The summed E-state index contributed by atoms with van der Waals surface area (Å²) in [6.07, 6.45) is 40.7. The van der Waals surface area contributed by atoms with Crippen LogP contribution in [0.15, 0.2) is 12.2 Å². The molecule has 1 unspecified atom stereocenters. The first-order valence-corrected chi connectivity index (χ1v) is 17.8. The lowest BCUT2D eigenvalue weighted by atomic mass is 10.0. The van der Waals surface area contributed by atoms with Crippen molar-refractivity contribution in [3.63, 3.8) is 0 Å². The Bertz CT molecular complexity index is 504. The van der Waals surface area contributed by atoms with E-state index in [1.807, 2.05) is 0 Å². The molecule has 0 aliphatic heterocycles. The number of carbonyl (C=O) groups excluding carboxylic acids is 1. The fraction of sp³-hybridized carbons (Fsp3) is 0.917. The first-order chi connectivity index (χ1) is 19.2. The largest absolute Gasteiger partial charge is 0.393 e. The highest BCUT2D eigenvalue weighted by Gasteiger charge is 2.04. The van der Waals surface area contributed by atoms with Crippen LogP contribution in [-0.4, -0.2) is 23.7 Å². The van der Waals surface area contributed by atoms with Crippen LogP contribution in [0.3, 0.4) is 0 Å². The third-order valence-electron chi connectivity index (χ3n) is 8.09. The van der Waals surface area contributed by atoms with Crippen LogP contribution in [0.25, 0.3) is 0 Å². The zero-order valence-electron chi connectivity index (χ0n) is 26.8. The molecule has 3 nitrogen and oxygen atoms in total. The lowest BCUT2D eigenvalue weighted by molar-refractivity contribution is -0.121. The van der Waals surface area contributed by atoms with Gasteiger partial charge in [-0.1, -0.05) is 154 Å². The molecule has 0 spiro atoms. The molecule has 0 radical (unpaired) electrons. The van der Waals surface area contributed by atoms with E-state index >= 15 is 0 Å². The van der Waals surface area contributed by atoms with Crippen molar-refractivity contribution in [1.82, 2.24) is 5.32 Å². The summed E-state index contributed by atoms with van der Waals surface area (Å²) in [6.45, 7) is 5.36. The lowest BCUT2D eigenvalue weighted by Gasteiger charge is -2.10. The number of unbranched alkanes of at least 4 members (excludes halogenated alkanes) is 22. The van der Waals surface area contributed by atoms with Crippen LogP contribution in [0.5, 0.6) is 0 Å². The third-order valence-corrected chi connectivity index (χ3v) is 8.09. The average molecular weight is 550 g/mol. The highest BCUT2D eigenvalue weighted by molar-refractivity contribution is 5.75. The number of nitrogens with one attached hydrogen (secondary N) is 1. The summed E-state index contributed by atoms with van der Waals surface area (Å²) < 4.78 is 0. The van der Waals surface area contributed by atoms with Crippen molar-refractivity contribution in [2.75, 3.05) is 6.54 Å². The van der Waals surface area contributed by atoms with Crippen molar-refractivity contribution in [1.29, 1.82) is 0 Å². The van der Waals surface area contributed by atoms with E-state index in [-0.39, 0.29) is 12.0 Å². The topological polar surface area (TPSA) is 49.3 Å². The number of hydrogen-bond donors (Lipinski definition) is 2. The van der Waals surface area contributed by atoms with Crippen molar-refractivity contribution in [3.8, 4) is 0 Å². The zero-order chi connectivity index (χ0) is 28.5. The van der Waals surface area contributed by atoms with Crippen molar-refractivity contribution in [2.45, 2.75) is 206 Å². The molecule has 0 heterocycles. The predicted octanol–water partition coefficient (Wildman–Crippen LogP) is 11.4. The van der Waals surface area contributed by atoms with E-state index in [0.717, 1.165) is 32.2 Å². The van der Waals surface area contributed by atoms with Crippen molar-refractivity contribution in [2.24, 2.45) is 0 Å². The molecule has 0 saturated heterocycles. The maximum absolute atomic E-state index is 12.0. The van der Waals surface area contributed by atoms with Crippen LogP contribution < -0.4 is 5.32 Å². The first-order valence-electron chi connectivity index (χ1n) is 17.8. The van der Waals surface area contributed by atoms with Gasteiger partial charge >= 0.3 is 0 Å². The highest BCUT2D eigenvalue weighted by Crippen LogP contribution is 2.14. The Kier molecular flexibility index (Phi) is 32.7. The Balaban J connectivity index is 3.24. The standard InChI is InChI=1S/C36H71NO2/c1-3-5-7-9-10-11-12-13-14-15-16-19-22-25-29-33-36(39)37-34-30-26-23-20-17-18-21-24-28-32-35(38)31-27-8-6-4-2/h13-14,35,38H,3-12,15-34H2,1-2H3,(H,37,39)/b14-13-. The van der Waals surface area contributed by atoms with Crippen molar-refractivity contribution < 1.29 is 9.90 Å². The summed E-state index contributed by atoms with van der Waals surface area (Å²) in [6, 6.07) is 0. The van der Waals surface area contributed by atoms with E-state index in [9.17, 15) is 9.90 Å². The average Bonchev–Trinajstić information content (AvgIpc) is 2.93. The Morgan fingerprint density at radius 3 is 1.44 bits per heavy atom. The van der Waals surface area contributed by atoms with Gasteiger partial charge in [-0.15, -0.1) is 0 Å². The fourth-order valence-corrected chi connectivity index (χ4v) is 5.37. The minimum absolute atomic E-state index is 0.0655. The number of aliphatic hydroxyl groups excluding tert-OH is 1. The Labute approximate surface area is 245 Å². The minimum atomic E-state index is -0.0655. The Morgan fingerprint density at radius 2 is 0.923 bits per heavy atom. The monoisotopic (exact) mass is 550 g/mol. The Hall–Kier alpha value is -0.830. The molecule has 1 amide bonds. The van der Waals surface area contributed by atoms with Gasteiger partial charge in [0.25, 0.3) is 0 Å². The predicted molar refractivity (Wildman–Crippen MR) is 173 cm³/mol. The Morgan fingerprint density at radius 1 is 0.538 bits per heavy atom. The SMILES string of the molecule is CCCCCCCC/C=C\CCCCCCCC(=O)NCCCCCCCCCCCC(O)CCCCCC. The van der Waals surface area contributed by atoms with Gasteiger partial charge in [0.05, 0.1) is 6.10 Å². The summed E-state index contributed by atoms with van der Waals surface area (Å²) >= 11 is 0. The molecule has 0 aliphatic carbocycles. The molecule has 3 heteroatoms. The normalized spacial score (nSPS) is 12.4. The number of hydrogen-bond acceptors (Lipinski definition) is 2. The van der Waals surface area contributed by atoms with Gasteiger partial charge in [-0.3, -0.25) is 4.79 Å². The van der Waals surface area contributed by atoms with Crippen LogP contribution in [0, 0.1) is 0 Å². The van der Waals surface area contributed by atoms with Crippen molar-refractivity contribution in [3.05, 3.63) is 12.2 Å². The second-order valence-corrected chi connectivity index (χ2v) is 12.2. The van der Waals surface area contributed by atoms with E-state index < -0.39 is 0 Å². The molecule has 1 atom stereocenters. The number of amides is 1. The van der Waals surface area contributed by atoms with Gasteiger partial charge in [-0.05, 0) is 51.4 Å². The number of allylic oxidation sites excluding steroid dienone is 2. The molecule has 0 saturated carbocycles. The molecule has 0 bridgehead atoms. The number of aliphatic hydroxyl groups is 1. The summed E-state index contributed by atoms with van der Waals surface area (Å²) in [7, 11) is 0. The van der Waals surface area contributed by atoms with E-state index in [2.05, 4.69) is 31.3 Å². The van der Waals surface area contributed by atoms with Gasteiger partial charge in [0.2, 0.25) is 5.91 Å². The first kappa shape index (κ1) is 38.2. The molecule has 0 aromatic carbocycles.